The zero-order valence-electron chi connectivity index (χ0n) is 34.9. The third-order valence-electron chi connectivity index (χ3n) is 13.6. The molecular weight excluding hydrogens is 877 g/mol. The fraction of sp³-hybridized carbons (Fsp3) is 0. The topological polar surface area (TPSA) is 0 Å². The van der Waals surface area contributed by atoms with Crippen LogP contribution in [0.5, 0.6) is 0 Å². The van der Waals surface area contributed by atoms with Gasteiger partial charge in [-0.25, -0.2) is 0 Å². The minimum Gasteiger partial charge on any atom is -0.135 e. The van der Waals surface area contributed by atoms with Gasteiger partial charge in [-0.15, -0.1) is 45.3 Å². The lowest BCUT2D eigenvalue weighted by molar-refractivity contribution is 1.70. The van der Waals surface area contributed by atoms with Crippen LogP contribution in [0.15, 0.2) is 218 Å². The lowest BCUT2D eigenvalue weighted by atomic mass is 10.0. The SMILES string of the molecule is c1ccc([Si](c2ccccc2)(c2cccc3c2sc2ccc(-c4cccc5c4sc4ccccc45)cc23)c2cccc3c2sc2ccc(-c4cccc5c4sc4ccccc45)cc23)cc1. The van der Waals surface area contributed by atoms with E-state index in [1.165, 1.54) is 124 Å². The normalized spacial score (nSPS) is 12.3. The molecule has 0 radical (unpaired) electrons. The summed E-state index contributed by atoms with van der Waals surface area (Å²) in [4.78, 5) is 0. The summed E-state index contributed by atoms with van der Waals surface area (Å²) >= 11 is 7.74. The Morgan fingerprint density at radius 2 is 0.600 bits per heavy atom. The number of hydrogen-bond donors (Lipinski definition) is 0. The Morgan fingerprint density at radius 1 is 0.246 bits per heavy atom. The average molecular weight is 913 g/mol. The summed E-state index contributed by atoms with van der Waals surface area (Å²) in [5, 5.41) is 16.4. The van der Waals surface area contributed by atoms with Crippen molar-refractivity contribution in [2.24, 2.45) is 0 Å². The summed E-state index contributed by atoms with van der Waals surface area (Å²) < 4.78 is 10.8. The maximum absolute atomic E-state index is 3.00. The molecule has 0 spiro atoms. The number of fused-ring (bicyclic) bond motifs is 12. The first-order valence-corrected chi connectivity index (χ1v) is 27.3. The highest BCUT2D eigenvalue weighted by atomic mass is 32.1. The van der Waals surface area contributed by atoms with E-state index < -0.39 is 8.07 Å². The molecule has 0 N–H and O–H groups in total. The minimum atomic E-state index is -3.00. The number of thiophene rings is 4. The second-order valence-corrected chi connectivity index (χ2v) is 25.0. The molecule has 0 saturated heterocycles. The number of benzene rings is 10. The van der Waals surface area contributed by atoms with Gasteiger partial charge in [-0.3, -0.25) is 0 Å². The van der Waals surface area contributed by atoms with E-state index in [0.717, 1.165) is 0 Å². The predicted octanol–water partition coefficient (Wildman–Crippen LogP) is 15.9. The summed E-state index contributed by atoms with van der Waals surface area (Å²) in [5.41, 5.74) is 5.15. The first kappa shape index (κ1) is 37.7. The number of rotatable bonds is 6. The summed E-state index contributed by atoms with van der Waals surface area (Å²) in [6, 6.07) is 83.0. The molecule has 4 aromatic heterocycles. The average Bonchev–Trinajstić information content (AvgIpc) is 4.15. The van der Waals surface area contributed by atoms with Gasteiger partial charge in [0.05, 0.1) is 0 Å². The van der Waals surface area contributed by atoms with Crippen LogP contribution in [-0.2, 0) is 0 Å². The van der Waals surface area contributed by atoms with E-state index in [0.29, 0.717) is 0 Å². The van der Waals surface area contributed by atoms with E-state index in [1.54, 1.807) is 0 Å². The lowest BCUT2D eigenvalue weighted by Crippen LogP contribution is -2.74. The van der Waals surface area contributed by atoms with Gasteiger partial charge in [-0.05, 0) is 79.4 Å². The van der Waals surface area contributed by atoms with Gasteiger partial charge in [0.25, 0.3) is 0 Å². The van der Waals surface area contributed by atoms with Crippen LogP contribution < -0.4 is 20.7 Å². The van der Waals surface area contributed by atoms with E-state index in [1.807, 2.05) is 45.3 Å². The van der Waals surface area contributed by atoms with Crippen molar-refractivity contribution >= 4 is 155 Å². The van der Waals surface area contributed by atoms with Crippen LogP contribution in [0.2, 0.25) is 0 Å². The van der Waals surface area contributed by atoms with Gasteiger partial charge in [-0.2, -0.15) is 0 Å². The van der Waals surface area contributed by atoms with Crippen molar-refractivity contribution in [2.45, 2.75) is 0 Å². The van der Waals surface area contributed by atoms with E-state index in [2.05, 4.69) is 218 Å². The second-order valence-electron chi connectivity index (χ2n) is 17.0. The monoisotopic (exact) mass is 912 g/mol. The zero-order chi connectivity index (χ0) is 42.6. The van der Waals surface area contributed by atoms with Crippen molar-refractivity contribution < 1.29 is 0 Å². The van der Waals surface area contributed by atoms with Gasteiger partial charge in [0.1, 0.15) is 0 Å². The van der Waals surface area contributed by atoms with Crippen molar-refractivity contribution in [3.8, 4) is 22.3 Å². The van der Waals surface area contributed by atoms with Crippen LogP contribution >= 0.6 is 45.3 Å². The third-order valence-corrected chi connectivity index (χ3v) is 23.7. The molecule has 0 aliphatic rings. The van der Waals surface area contributed by atoms with E-state index in [9.17, 15) is 0 Å². The van der Waals surface area contributed by atoms with Crippen molar-refractivity contribution in [3.05, 3.63) is 218 Å². The van der Waals surface area contributed by atoms with E-state index >= 15 is 0 Å². The molecule has 0 aliphatic heterocycles. The lowest BCUT2D eigenvalue weighted by Gasteiger charge is -2.35. The maximum atomic E-state index is 2.47. The molecular formula is C60H36S4Si. The van der Waals surface area contributed by atoms with Gasteiger partial charge >= 0.3 is 0 Å². The van der Waals surface area contributed by atoms with Gasteiger partial charge in [0.2, 0.25) is 0 Å². The second kappa shape index (κ2) is 14.7. The van der Waals surface area contributed by atoms with Gasteiger partial charge in [0, 0.05) is 80.7 Å². The molecule has 304 valence electrons. The van der Waals surface area contributed by atoms with Crippen molar-refractivity contribution in [1.82, 2.24) is 0 Å². The molecule has 0 unspecified atom stereocenters. The van der Waals surface area contributed by atoms with E-state index in [4.69, 9.17) is 0 Å². The molecule has 14 aromatic rings. The molecule has 4 heterocycles. The molecule has 14 rings (SSSR count). The molecule has 0 bridgehead atoms. The van der Waals surface area contributed by atoms with E-state index in [-0.39, 0.29) is 0 Å². The van der Waals surface area contributed by atoms with Crippen LogP contribution in [0.1, 0.15) is 0 Å². The van der Waals surface area contributed by atoms with Crippen LogP contribution in [0.4, 0.5) is 0 Å². The Morgan fingerprint density at radius 3 is 1.06 bits per heavy atom. The molecule has 10 aromatic carbocycles. The highest BCUT2D eigenvalue weighted by Crippen LogP contribution is 2.45. The minimum absolute atomic E-state index is 1.27. The molecule has 0 amide bonds. The smallest absolute Gasteiger partial charge is 0.135 e. The van der Waals surface area contributed by atoms with Gasteiger partial charge in [0.15, 0.2) is 8.07 Å². The summed E-state index contributed by atoms with van der Waals surface area (Å²) in [7, 11) is -3.00. The third kappa shape index (κ3) is 5.57. The van der Waals surface area contributed by atoms with Crippen LogP contribution in [0.3, 0.4) is 0 Å². The zero-order valence-corrected chi connectivity index (χ0v) is 39.2. The summed E-state index contributed by atoms with van der Waals surface area (Å²) in [5.74, 6) is 0. The first-order valence-electron chi connectivity index (χ1n) is 22.1. The fourth-order valence-corrected chi connectivity index (χ4v) is 21.6. The quantitative estimate of drug-likeness (QED) is 0.115. The molecule has 0 saturated carbocycles. The molecule has 65 heavy (non-hydrogen) atoms. The van der Waals surface area contributed by atoms with Crippen molar-refractivity contribution in [2.75, 3.05) is 0 Å². The Kier molecular flexibility index (Phi) is 8.49. The van der Waals surface area contributed by atoms with Crippen molar-refractivity contribution in [3.63, 3.8) is 0 Å². The highest BCUT2D eigenvalue weighted by Gasteiger charge is 2.44. The largest absolute Gasteiger partial charge is 0.182 e. The standard InChI is InChI=1S/C60H36S4Si/c1-3-15-39(16-4-1)65(40-17-5-2-6-18-40,55-29-13-25-47-49-35-37(31-33-53(49)63-59(47)55)41-21-11-23-45-43-19-7-9-27-51(43)61-57(41)45)56-30-14-26-48-50-36-38(32-34-54(50)64-60(48)56)42-22-12-24-46-44-20-8-10-28-52(44)62-58(42)46/h1-36H. The molecule has 5 heteroatoms. The summed E-state index contributed by atoms with van der Waals surface area (Å²) in [6.45, 7) is 0. The Balaban J connectivity index is 1.02. The Labute approximate surface area is 392 Å². The molecule has 0 fully saturated rings. The van der Waals surface area contributed by atoms with Crippen LogP contribution in [-0.4, -0.2) is 8.07 Å². The van der Waals surface area contributed by atoms with Crippen LogP contribution in [0.25, 0.3) is 103 Å². The molecule has 0 atom stereocenters. The van der Waals surface area contributed by atoms with Crippen LogP contribution in [0, 0.1) is 0 Å². The van der Waals surface area contributed by atoms with Gasteiger partial charge < -0.3 is 0 Å². The Hall–Kier alpha value is -6.70. The predicted molar refractivity (Wildman–Crippen MR) is 292 cm³/mol. The maximum Gasteiger partial charge on any atom is 0.182 e. The Bertz CT molecular complexity index is 3920. The fourth-order valence-electron chi connectivity index (χ4n) is 10.8. The van der Waals surface area contributed by atoms with Gasteiger partial charge in [-0.1, -0.05) is 182 Å². The highest BCUT2D eigenvalue weighted by molar-refractivity contribution is 7.33. The molecule has 0 aliphatic carbocycles. The molecule has 0 nitrogen and oxygen atoms in total. The number of hydrogen-bond acceptors (Lipinski definition) is 4. The summed E-state index contributed by atoms with van der Waals surface area (Å²) in [6.07, 6.45) is 0. The first-order chi connectivity index (χ1) is 32.2. The van der Waals surface area contributed by atoms with Crippen molar-refractivity contribution in [1.29, 1.82) is 0 Å².